The molecule has 2 heterocycles. The summed E-state index contributed by atoms with van der Waals surface area (Å²) in [5, 5.41) is 15.5. The van der Waals surface area contributed by atoms with Gasteiger partial charge in [-0.2, -0.15) is 5.10 Å². The van der Waals surface area contributed by atoms with E-state index in [1.54, 1.807) is 6.07 Å². The van der Waals surface area contributed by atoms with Crippen molar-refractivity contribution < 1.29 is 5.11 Å². The first-order valence-corrected chi connectivity index (χ1v) is 6.60. The summed E-state index contributed by atoms with van der Waals surface area (Å²) in [7, 11) is 0. The van der Waals surface area contributed by atoms with Crippen LogP contribution in [0.25, 0.3) is 5.65 Å². The second-order valence-electron chi connectivity index (χ2n) is 4.63. The second kappa shape index (κ2) is 5.76. The maximum Gasteiger partial charge on any atom is 0.348 e. The van der Waals surface area contributed by atoms with Gasteiger partial charge in [-0.3, -0.25) is 0 Å². The quantitative estimate of drug-likeness (QED) is 0.709. The van der Waals surface area contributed by atoms with Gasteiger partial charge in [0.15, 0.2) is 5.65 Å². The van der Waals surface area contributed by atoms with E-state index in [4.69, 9.17) is 0 Å². The van der Waals surface area contributed by atoms with Crippen molar-refractivity contribution in [1.29, 1.82) is 0 Å². The fourth-order valence-electron chi connectivity index (χ4n) is 2.17. The van der Waals surface area contributed by atoms with Crippen LogP contribution in [0, 0.1) is 0 Å². The minimum atomic E-state index is -0.319. The first-order chi connectivity index (χ1) is 10.3. The van der Waals surface area contributed by atoms with Crippen molar-refractivity contribution in [3.8, 4) is 0 Å². The summed E-state index contributed by atoms with van der Waals surface area (Å²) < 4.78 is 1.34. The molecule has 0 aliphatic heterocycles. The third-order valence-corrected chi connectivity index (χ3v) is 3.21. The van der Waals surface area contributed by atoms with E-state index in [0.717, 1.165) is 5.56 Å². The van der Waals surface area contributed by atoms with Gasteiger partial charge in [-0.25, -0.2) is 19.3 Å². The van der Waals surface area contributed by atoms with Crippen LogP contribution in [0.15, 0.2) is 47.5 Å². The Kier molecular flexibility index (Phi) is 3.65. The lowest BCUT2D eigenvalue weighted by molar-refractivity contribution is 0.301. The molecular weight excluding hydrogens is 270 g/mol. The SMILES string of the molecule is O=c1[nH]nc2cc(N(CCO)Cc3ccccc3)ncn12. The average Bonchev–Trinajstić information content (AvgIpc) is 2.89. The third kappa shape index (κ3) is 2.77. The molecule has 0 atom stereocenters. The Morgan fingerprint density at radius 2 is 2.10 bits per heavy atom. The number of aliphatic hydroxyl groups excluding tert-OH is 1. The van der Waals surface area contributed by atoms with Crippen LogP contribution in [0.5, 0.6) is 0 Å². The molecule has 0 amide bonds. The predicted molar refractivity (Wildman–Crippen MR) is 78.2 cm³/mol. The number of anilines is 1. The lowest BCUT2D eigenvalue weighted by Crippen LogP contribution is -2.27. The van der Waals surface area contributed by atoms with Gasteiger partial charge in [0.1, 0.15) is 12.1 Å². The lowest BCUT2D eigenvalue weighted by Gasteiger charge is -2.22. The Morgan fingerprint density at radius 3 is 2.86 bits per heavy atom. The Balaban J connectivity index is 1.92. The topological polar surface area (TPSA) is 86.5 Å². The standard InChI is InChI=1S/C14H15N5O2/c20-7-6-18(9-11-4-2-1-3-5-11)12-8-13-16-17-14(21)19(13)10-15-12/h1-5,8,10,20H,6-7,9H2,(H,17,21). The van der Waals surface area contributed by atoms with Gasteiger partial charge in [0.05, 0.1) is 6.61 Å². The highest BCUT2D eigenvalue weighted by Crippen LogP contribution is 2.14. The van der Waals surface area contributed by atoms with Gasteiger partial charge in [0.25, 0.3) is 0 Å². The number of rotatable bonds is 5. The number of hydrogen-bond donors (Lipinski definition) is 2. The molecule has 7 heteroatoms. The molecule has 0 fully saturated rings. The minimum Gasteiger partial charge on any atom is -0.395 e. The van der Waals surface area contributed by atoms with Crippen molar-refractivity contribution in [2.75, 3.05) is 18.1 Å². The molecule has 0 aliphatic rings. The molecule has 3 aromatic rings. The number of aromatic amines is 1. The largest absolute Gasteiger partial charge is 0.395 e. The van der Waals surface area contributed by atoms with Crippen molar-refractivity contribution in [1.82, 2.24) is 19.6 Å². The van der Waals surface area contributed by atoms with Crippen molar-refractivity contribution in [2.45, 2.75) is 6.54 Å². The maximum absolute atomic E-state index is 11.4. The fourth-order valence-corrected chi connectivity index (χ4v) is 2.17. The van der Waals surface area contributed by atoms with Gasteiger partial charge in [-0.05, 0) is 5.56 Å². The Hall–Kier alpha value is -2.67. The zero-order chi connectivity index (χ0) is 14.7. The summed E-state index contributed by atoms with van der Waals surface area (Å²) in [5.41, 5.74) is 1.30. The molecule has 0 unspecified atom stereocenters. The third-order valence-electron chi connectivity index (χ3n) is 3.21. The molecule has 0 saturated carbocycles. The molecule has 0 bridgehead atoms. The number of nitrogens with zero attached hydrogens (tertiary/aromatic N) is 4. The van der Waals surface area contributed by atoms with E-state index in [2.05, 4.69) is 15.2 Å². The number of hydrogen-bond acceptors (Lipinski definition) is 5. The summed E-state index contributed by atoms with van der Waals surface area (Å²) in [6.07, 6.45) is 1.44. The molecule has 0 saturated heterocycles. The number of H-pyrrole nitrogens is 1. The summed E-state index contributed by atoms with van der Waals surface area (Å²) in [4.78, 5) is 17.6. The minimum absolute atomic E-state index is 0.0209. The van der Waals surface area contributed by atoms with E-state index < -0.39 is 0 Å². The van der Waals surface area contributed by atoms with Gasteiger partial charge in [0.2, 0.25) is 0 Å². The molecule has 2 aromatic heterocycles. The van der Waals surface area contributed by atoms with Gasteiger partial charge in [-0.15, -0.1) is 0 Å². The highest BCUT2D eigenvalue weighted by molar-refractivity contribution is 5.50. The number of nitrogens with one attached hydrogen (secondary N) is 1. The van der Waals surface area contributed by atoms with E-state index >= 15 is 0 Å². The average molecular weight is 285 g/mol. The predicted octanol–water partition coefficient (Wildman–Crippen LogP) is 0.416. The molecule has 2 N–H and O–H groups in total. The zero-order valence-electron chi connectivity index (χ0n) is 11.3. The summed E-state index contributed by atoms with van der Waals surface area (Å²) in [6.45, 7) is 1.10. The monoisotopic (exact) mass is 285 g/mol. The van der Waals surface area contributed by atoms with Crippen LogP contribution >= 0.6 is 0 Å². The van der Waals surface area contributed by atoms with E-state index in [1.165, 1.54) is 10.7 Å². The molecule has 0 aliphatic carbocycles. The van der Waals surface area contributed by atoms with E-state index in [1.807, 2.05) is 35.2 Å². The van der Waals surface area contributed by atoms with Crippen LogP contribution in [0.2, 0.25) is 0 Å². The fraction of sp³-hybridized carbons (Fsp3) is 0.214. The first kappa shape index (κ1) is 13.3. The van der Waals surface area contributed by atoms with Crippen LogP contribution in [0.3, 0.4) is 0 Å². The smallest absolute Gasteiger partial charge is 0.348 e. The number of aliphatic hydroxyl groups is 1. The molecule has 0 radical (unpaired) electrons. The Morgan fingerprint density at radius 1 is 1.29 bits per heavy atom. The van der Waals surface area contributed by atoms with Gasteiger partial charge < -0.3 is 10.0 Å². The van der Waals surface area contributed by atoms with Gasteiger partial charge >= 0.3 is 5.69 Å². The summed E-state index contributed by atoms with van der Waals surface area (Å²) in [5.74, 6) is 0.666. The first-order valence-electron chi connectivity index (χ1n) is 6.60. The van der Waals surface area contributed by atoms with Gasteiger partial charge in [-0.1, -0.05) is 30.3 Å². The van der Waals surface area contributed by atoms with Crippen LogP contribution in [0.4, 0.5) is 5.82 Å². The maximum atomic E-state index is 11.4. The van der Waals surface area contributed by atoms with Crippen molar-refractivity contribution in [3.05, 3.63) is 58.8 Å². The number of aromatic nitrogens is 4. The van der Waals surface area contributed by atoms with Crippen molar-refractivity contribution >= 4 is 11.5 Å². The number of benzene rings is 1. The van der Waals surface area contributed by atoms with Crippen molar-refractivity contribution in [2.24, 2.45) is 0 Å². The van der Waals surface area contributed by atoms with Crippen LogP contribution in [-0.2, 0) is 6.54 Å². The van der Waals surface area contributed by atoms with Crippen LogP contribution in [0.1, 0.15) is 5.56 Å². The Labute approximate surface area is 120 Å². The van der Waals surface area contributed by atoms with Crippen LogP contribution < -0.4 is 10.6 Å². The highest BCUT2D eigenvalue weighted by atomic mass is 16.3. The summed E-state index contributed by atoms with van der Waals surface area (Å²) in [6, 6.07) is 11.6. The summed E-state index contributed by atoms with van der Waals surface area (Å²) >= 11 is 0. The van der Waals surface area contributed by atoms with E-state index in [0.29, 0.717) is 24.6 Å². The van der Waals surface area contributed by atoms with Crippen LogP contribution in [-0.4, -0.2) is 37.8 Å². The molecule has 3 rings (SSSR count). The molecule has 21 heavy (non-hydrogen) atoms. The second-order valence-corrected chi connectivity index (χ2v) is 4.63. The molecule has 7 nitrogen and oxygen atoms in total. The zero-order valence-corrected chi connectivity index (χ0v) is 11.3. The number of fused-ring (bicyclic) bond motifs is 1. The Bertz CT molecular complexity index is 781. The van der Waals surface area contributed by atoms with E-state index in [-0.39, 0.29) is 12.3 Å². The van der Waals surface area contributed by atoms with Crippen molar-refractivity contribution in [3.63, 3.8) is 0 Å². The molecule has 0 spiro atoms. The molecular formula is C14H15N5O2. The lowest BCUT2D eigenvalue weighted by atomic mass is 10.2. The van der Waals surface area contributed by atoms with E-state index in [9.17, 15) is 9.90 Å². The normalized spacial score (nSPS) is 10.9. The molecule has 108 valence electrons. The highest BCUT2D eigenvalue weighted by Gasteiger charge is 2.10. The van der Waals surface area contributed by atoms with Gasteiger partial charge in [0, 0.05) is 19.2 Å². The molecule has 1 aromatic carbocycles.